The van der Waals surface area contributed by atoms with Crippen LogP contribution in [0.3, 0.4) is 0 Å². The van der Waals surface area contributed by atoms with Crippen molar-refractivity contribution in [2.45, 2.75) is 11.6 Å². The number of fused-ring (bicyclic) bond motifs is 1. The SMILES string of the molecule is O=C(Nc1ccccc1)C(Nc1ccc([N+](=O)[O-])cc1)C1(O)C(=O)Nc2cc(Cl)ccc21. The lowest BCUT2D eigenvalue weighted by atomic mass is 9.86. The number of nitrogens with zero attached hydrogens (tertiary/aromatic N) is 1. The van der Waals surface area contributed by atoms with Crippen LogP contribution in [0.5, 0.6) is 0 Å². The Balaban J connectivity index is 1.74. The van der Waals surface area contributed by atoms with Crippen LogP contribution < -0.4 is 16.0 Å². The average molecular weight is 453 g/mol. The smallest absolute Gasteiger partial charge is 0.269 e. The van der Waals surface area contributed by atoms with Crippen LogP contribution in [0.4, 0.5) is 22.7 Å². The summed E-state index contributed by atoms with van der Waals surface area (Å²) >= 11 is 6.00. The largest absolute Gasteiger partial charge is 0.373 e. The third-order valence-corrected chi connectivity index (χ3v) is 5.33. The van der Waals surface area contributed by atoms with Crippen molar-refractivity contribution in [1.82, 2.24) is 0 Å². The van der Waals surface area contributed by atoms with E-state index in [-0.39, 0.29) is 16.9 Å². The Hall–Kier alpha value is -3.95. The number of para-hydroxylation sites is 1. The van der Waals surface area contributed by atoms with Crippen molar-refractivity contribution in [1.29, 1.82) is 0 Å². The normalized spacial score (nSPS) is 17.8. The Morgan fingerprint density at radius 2 is 1.75 bits per heavy atom. The minimum absolute atomic E-state index is 0.141. The second kappa shape index (κ2) is 8.29. The molecule has 162 valence electrons. The number of non-ortho nitro benzene ring substituents is 1. The minimum Gasteiger partial charge on any atom is -0.373 e. The molecule has 0 radical (unpaired) electrons. The fourth-order valence-corrected chi connectivity index (χ4v) is 3.69. The summed E-state index contributed by atoms with van der Waals surface area (Å²) in [4.78, 5) is 36.5. The predicted octanol–water partition coefficient (Wildman–Crippen LogP) is 3.51. The number of nitro groups is 1. The van der Waals surface area contributed by atoms with Gasteiger partial charge >= 0.3 is 0 Å². The Kier molecular flexibility index (Phi) is 5.52. The molecule has 3 aromatic rings. The molecule has 9 nitrogen and oxygen atoms in total. The maximum atomic E-state index is 13.3. The molecule has 1 aliphatic rings. The van der Waals surface area contributed by atoms with Gasteiger partial charge in [-0.25, -0.2) is 0 Å². The highest BCUT2D eigenvalue weighted by molar-refractivity contribution is 6.31. The van der Waals surface area contributed by atoms with Crippen molar-refractivity contribution in [3.8, 4) is 0 Å². The second-order valence-corrected chi connectivity index (χ2v) is 7.58. The summed E-state index contributed by atoms with van der Waals surface area (Å²) < 4.78 is 0. The van der Waals surface area contributed by atoms with E-state index in [0.29, 0.717) is 16.4 Å². The van der Waals surface area contributed by atoms with Gasteiger partial charge in [-0.3, -0.25) is 19.7 Å². The molecule has 2 atom stereocenters. The van der Waals surface area contributed by atoms with Gasteiger partial charge < -0.3 is 21.1 Å². The summed E-state index contributed by atoms with van der Waals surface area (Å²) in [5.41, 5.74) is -1.19. The first-order valence-corrected chi connectivity index (χ1v) is 9.87. The van der Waals surface area contributed by atoms with E-state index in [1.165, 1.54) is 42.5 Å². The molecular formula is C22H17ClN4O5. The molecule has 0 spiro atoms. The average Bonchev–Trinajstić information content (AvgIpc) is 3.02. The molecule has 3 aromatic carbocycles. The topological polar surface area (TPSA) is 134 Å². The molecular weight excluding hydrogens is 436 g/mol. The molecule has 0 saturated heterocycles. The zero-order chi connectivity index (χ0) is 22.9. The maximum Gasteiger partial charge on any atom is 0.269 e. The minimum atomic E-state index is -2.28. The van der Waals surface area contributed by atoms with Crippen LogP contribution >= 0.6 is 11.6 Å². The van der Waals surface area contributed by atoms with E-state index < -0.39 is 28.4 Å². The third-order valence-electron chi connectivity index (χ3n) is 5.10. The fraction of sp³-hybridized carbons (Fsp3) is 0.0909. The van der Waals surface area contributed by atoms with Crippen molar-refractivity contribution >= 4 is 46.2 Å². The summed E-state index contributed by atoms with van der Waals surface area (Å²) in [6.07, 6.45) is 0. The van der Waals surface area contributed by atoms with Crippen LogP contribution in [0.15, 0.2) is 72.8 Å². The molecule has 10 heteroatoms. The highest BCUT2D eigenvalue weighted by Gasteiger charge is 2.54. The fourth-order valence-electron chi connectivity index (χ4n) is 3.52. The van der Waals surface area contributed by atoms with Gasteiger partial charge in [-0.2, -0.15) is 0 Å². The Labute approximate surface area is 187 Å². The molecule has 0 fully saturated rings. The van der Waals surface area contributed by atoms with Gasteiger partial charge in [-0.15, -0.1) is 0 Å². The van der Waals surface area contributed by atoms with E-state index in [0.717, 1.165) is 0 Å². The standard InChI is InChI=1S/C22H17ClN4O5/c23-13-6-11-17-18(12-13)26-21(29)22(17,30)19(20(28)25-14-4-2-1-3-5-14)24-15-7-9-16(10-8-15)27(31)32/h1-12,19,24,30H,(H,25,28)(H,26,29). The molecule has 2 unspecified atom stereocenters. The van der Waals surface area contributed by atoms with Crippen molar-refractivity contribution < 1.29 is 19.6 Å². The number of nitro benzene ring substituents is 1. The number of carbonyl (C=O) groups excluding carboxylic acids is 2. The zero-order valence-electron chi connectivity index (χ0n) is 16.4. The molecule has 0 saturated carbocycles. The highest BCUT2D eigenvalue weighted by atomic mass is 35.5. The first kappa shape index (κ1) is 21.3. The van der Waals surface area contributed by atoms with Crippen molar-refractivity contribution in [2.75, 3.05) is 16.0 Å². The Bertz CT molecular complexity index is 1200. The predicted molar refractivity (Wildman–Crippen MR) is 120 cm³/mol. The number of hydrogen-bond donors (Lipinski definition) is 4. The third kappa shape index (κ3) is 3.86. The van der Waals surface area contributed by atoms with Gasteiger partial charge in [0.15, 0.2) is 5.60 Å². The van der Waals surface area contributed by atoms with Gasteiger partial charge in [0.1, 0.15) is 6.04 Å². The van der Waals surface area contributed by atoms with Crippen LogP contribution in [0, 0.1) is 10.1 Å². The lowest BCUT2D eigenvalue weighted by molar-refractivity contribution is -0.384. The van der Waals surface area contributed by atoms with Crippen LogP contribution in [0.2, 0.25) is 5.02 Å². The zero-order valence-corrected chi connectivity index (χ0v) is 17.2. The van der Waals surface area contributed by atoms with E-state index in [9.17, 15) is 24.8 Å². The van der Waals surface area contributed by atoms with E-state index in [2.05, 4.69) is 16.0 Å². The van der Waals surface area contributed by atoms with Crippen LogP contribution in [0.25, 0.3) is 0 Å². The quantitative estimate of drug-likeness (QED) is 0.334. The number of benzene rings is 3. The summed E-state index contributed by atoms with van der Waals surface area (Å²) in [6.45, 7) is 0. The van der Waals surface area contributed by atoms with Crippen molar-refractivity contribution in [3.63, 3.8) is 0 Å². The van der Waals surface area contributed by atoms with Crippen LogP contribution in [0.1, 0.15) is 5.56 Å². The van der Waals surface area contributed by atoms with Crippen molar-refractivity contribution in [2.24, 2.45) is 0 Å². The number of aliphatic hydroxyl groups is 1. The molecule has 4 N–H and O–H groups in total. The van der Waals surface area contributed by atoms with Crippen LogP contribution in [-0.4, -0.2) is 27.9 Å². The van der Waals surface area contributed by atoms with Gasteiger partial charge in [0.05, 0.1) is 4.92 Å². The lowest BCUT2D eigenvalue weighted by Gasteiger charge is -2.31. The number of nitrogens with one attached hydrogen (secondary N) is 3. The number of amides is 2. The van der Waals surface area contributed by atoms with Gasteiger partial charge in [-0.05, 0) is 36.4 Å². The van der Waals surface area contributed by atoms with E-state index in [1.807, 2.05) is 0 Å². The lowest BCUT2D eigenvalue weighted by Crippen LogP contribution is -2.55. The number of hydrogen-bond acceptors (Lipinski definition) is 6. The van der Waals surface area contributed by atoms with E-state index >= 15 is 0 Å². The monoisotopic (exact) mass is 452 g/mol. The van der Waals surface area contributed by atoms with Gasteiger partial charge in [-0.1, -0.05) is 35.9 Å². The summed E-state index contributed by atoms with van der Waals surface area (Å²) in [5, 5.41) is 30.9. The number of carbonyl (C=O) groups is 2. The number of rotatable bonds is 6. The number of halogens is 1. The molecule has 0 bridgehead atoms. The molecule has 2 amide bonds. The van der Waals surface area contributed by atoms with Gasteiger partial charge in [0.25, 0.3) is 17.5 Å². The van der Waals surface area contributed by atoms with E-state index in [1.54, 1.807) is 30.3 Å². The summed E-state index contributed by atoms with van der Waals surface area (Å²) in [6, 6.07) is 16.8. The molecule has 1 aliphatic heterocycles. The molecule has 0 aromatic heterocycles. The number of anilines is 3. The van der Waals surface area contributed by atoms with Gasteiger partial charge in [0.2, 0.25) is 0 Å². The first-order chi connectivity index (χ1) is 15.3. The molecule has 32 heavy (non-hydrogen) atoms. The van der Waals surface area contributed by atoms with E-state index in [4.69, 9.17) is 11.6 Å². The Morgan fingerprint density at radius 1 is 1.06 bits per heavy atom. The molecule has 4 rings (SSSR count). The highest BCUT2D eigenvalue weighted by Crippen LogP contribution is 2.41. The van der Waals surface area contributed by atoms with Crippen LogP contribution in [-0.2, 0) is 15.2 Å². The molecule has 0 aliphatic carbocycles. The maximum absolute atomic E-state index is 13.3. The Morgan fingerprint density at radius 3 is 2.41 bits per heavy atom. The summed E-state index contributed by atoms with van der Waals surface area (Å²) in [5.74, 6) is -1.49. The molecule has 1 heterocycles. The summed E-state index contributed by atoms with van der Waals surface area (Å²) in [7, 11) is 0. The van der Waals surface area contributed by atoms with Crippen molar-refractivity contribution in [3.05, 3.63) is 93.5 Å². The van der Waals surface area contributed by atoms with Gasteiger partial charge in [0, 0.05) is 39.8 Å². The first-order valence-electron chi connectivity index (χ1n) is 9.50. The second-order valence-electron chi connectivity index (χ2n) is 7.15.